The first-order valence-electron chi connectivity index (χ1n) is 4.96. The van der Waals surface area contributed by atoms with E-state index in [0.717, 1.165) is 11.1 Å². The third-order valence-corrected chi connectivity index (χ3v) is 2.53. The standard InChI is InChI=1S/C12H11BrFNO/c1-8-2-3-10-11(15-8)6-9(14)7-12(10)16-5-4-13/h2-3,6-7H,4-5H2,1H3. The highest BCUT2D eigenvalue weighted by Gasteiger charge is 2.06. The van der Waals surface area contributed by atoms with Crippen LogP contribution in [0.4, 0.5) is 4.39 Å². The largest absolute Gasteiger partial charge is 0.492 e. The van der Waals surface area contributed by atoms with Crippen molar-refractivity contribution in [1.29, 1.82) is 0 Å². The van der Waals surface area contributed by atoms with Crippen LogP contribution in [0, 0.1) is 12.7 Å². The molecule has 2 rings (SSSR count). The van der Waals surface area contributed by atoms with E-state index in [1.807, 2.05) is 19.1 Å². The van der Waals surface area contributed by atoms with Gasteiger partial charge in [-0.15, -0.1) is 0 Å². The lowest BCUT2D eigenvalue weighted by atomic mass is 10.2. The van der Waals surface area contributed by atoms with E-state index in [0.29, 0.717) is 23.2 Å². The van der Waals surface area contributed by atoms with Gasteiger partial charge in [0.15, 0.2) is 0 Å². The van der Waals surface area contributed by atoms with Crippen LogP contribution < -0.4 is 4.74 Å². The molecule has 0 aliphatic carbocycles. The number of nitrogens with zero attached hydrogens (tertiary/aromatic N) is 1. The van der Waals surface area contributed by atoms with Crippen molar-refractivity contribution < 1.29 is 9.13 Å². The Labute approximate surface area is 102 Å². The molecule has 0 unspecified atom stereocenters. The monoisotopic (exact) mass is 283 g/mol. The molecule has 0 aliphatic rings. The average molecular weight is 284 g/mol. The summed E-state index contributed by atoms with van der Waals surface area (Å²) in [5, 5.41) is 1.55. The van der Waals surface area contributed by atoms with Crippen molar-refractivity contribution in [3.63, 3.8) is 0 Å². The Kier molecular flexibility index (Phi) is 3.39. The molecule has 1 aromatic heterocycles. The number of halogens is 2. The predicted octanol–water partition coefficient (Wildman–Crippen LogP) is 3.46. The van der Waals surface area contributed by atoms with Gasteiger partial charge in [0.2, 0.25) is 0 Å². The van der Waals surface area contributed by atoms with Gasteiger partial charge < -0.3 is 4.74 Å². The van der Waals surface area contributed by atoms with E-state index in [4.69, 9.17) is 4.74 Å². The van der Waals surface area contributed by atoms with Gasteiger partial charge in [-0.1, -0.05) is 15.9 Å². The van der Waals surface area contributed by atoms with E-state index >= 15 is 0 Å². The summed E-state index contributed by atoms with van der Waals surface area (Å²) >= 11 is 3.27. The van der Waals surface area contributed by atoms with Gasteiger partial charge in [-0.05, 0) is 19.1 Å². The Morgan fingerprint density at radius 3 is 2.94 bits per heavy atom. The molecule has 0 N–H and O–H groups in total. The van der Waals surface area contributed by atoms with Crippen LogP contribution in [0.1, 0.15) is 5.69 Å². The molecule has 4 heteroatoms. The minimum absolute atomic E-state index is 0.324. The first-order chi connectivity index (χ1) is 7.70. The molecule has 0 saturated carbocycles. The molecule has 0 spiro atoms. The Morgan fingerprint density at radius 1 is 1.38 bits per heavy atom. The normalized spacial score (nSPS) is 10.7. The van der Waals surface area contributed by atoms with Crippen molar-refractivity contribution in [2.24, 2.45) is 0 Å². The fourth-order valence-corrected chi connectivity index (χ4v) is 1.70. The third-order valence-electron chi connectivity index (χ3n) is 2.21. The lowest BCUT2D eigenvalue weighted by molar-refractivity contribution is 0.347. The van der Waals surface area contributed by atoms with Crippen LogP contribution in [-0.2, 0) is 0 Å². The van der Waals surface area contributed by atoms with Crippen LogP contribution in [-0.4, -0.2) is 16.9 Å². The average Bonchev–Trinajstić information content (AvgIpc) is 2.25. The molecule has 0 bridgehead atoms. The topological polar surface area (TPSA) is 22.1 Å². The number of rotatable bonds is 3. The Morgan fingerprint density at radius 2 is 2.19 bits per heavy atom. The van der Waals surface area contributed by atoms with Gasteiger partial charge >= 0.3 is 0 Å². The van der Waals surface area contributed by atoms with Crippen LogP contribution in [0.15, 0.2) is 24.3 Å². The van der Waals surface area contributed by atoms with Crippen LogP contribution in [0.2, 0.25) is 0 Å². The van der Waals surface area contributed by atoms with Crippen LogP contribution in [0.5, 0.6) is 5.75 Å². The predicted molar refractivity (Wildman–Crippen MR) is 65.7 cm³/mol. The minimum atomic E-state index is -0.324. The number of fused-ring (bicyclic) bond motifs is 1. The SMILES string of the molecule is Cc1ccc2c(OCCBr)cc(F)cc2n1. The molecule has 16 heavy (non-hydrogen) atoms. The lowest BCUT2D eigenvalue weighted by Crippen LogP contribution is -1.99. The number of hydrogen-bond acceptors (Lipinski definition) is 2. The Bertz CT molecular complexity index is 510. The smallest absolute Gasteiger partial charge is 0.131 e. The van der Waals surface area contributed by atoms with Crippen LogP contribution >= 0.6 is 15.9 Å². The van der Waals surface area contributed by atoms with Crippen LogP contribution in [0.25, 0.3) is 10.9 Å². The molecule has 0 radical (unpaired) electrons. The van der Waals surface area contributed by atoms with Gasteiger partial charge in [0.1, 0.15) is 11.6 Å². The van der Waals surface area contributed by atoms with E-state index in [2.05, 4.69) is 20.9 Å². The van der Waals surface area contributed by atoms with Gasteiger partial charge in [-0.3, -0.25) is 4.98 Å². The van der Waals surface area contributed by atoms with Crippen molar-refractivity contribution >= 4 is 26.8 Å². The molecule has 0 atom stereocenters. The van der Waals surface area contributed by atoms with E-state index in [-0.39, 0.29) is 5.82 Å². The number of pyridine rings is 1. The van der Waals surface area contributed by atoms with Crippen molar-refractivity contribution in [2.45, 2.75) is 6.92 Å². The fourth-order valence-electron chi connectivity index (χ4n) is 1.54. The van der Waals surface area contributed by atoms with E-state index < -0.39 is 0 Å². The zero-order valence-corrected chi connectivity index (χ0v) is 10.4. The van der Waals surface area contributed by atoms with Gasteiger partial charge in [-0.25, -0.2) is 4.39 Å². The zero-order chi connectivity index (χ0) is 11.5. The first kappa shape index (κ1) is 11.3. The molecule has 0 amide bonds. The molecular formula is C12H11BrFNO. The van der Waals surface area contributed by atoms with E-state index in [9.17, 15) is 4.39 Å². The van der Waals surface area contributed by atoms with Gasteiger partial charge in [-0.2, -0.15) is 0 Å². The van der Waals surface area contributed by atoms with Gasteiger partial charge in [0.05, 0.1) is 12.1 Å². The van der Waals surface area contributed by atoms with Gasteiger partial charge in [0, 0.05) is 28.5 Å². The summed E-state index contributed by atoms with van der Waals surface area (Å²) in [4.78, 5) is 4.27. The lowest BCUT2D eigenvalue weighted by Gasteiger charge is -2.08. The Balaban J connectivity index is 2.54. The first-order valence-corrected chi connectivity index (χ1v) is 6.08. The second-order valence-corrected chi connectivity index (χ2v) is 4.25. The summed E-state index contributed by atoms with van der Waals surface area (Å²) in [5.74, 6) is 0.220. The maximum Gasteiger partial charge on any atom is 0.131 e. The number of ether oxygens (including phenoxy) is 1. The van der Waals surface area contributed by atoms with E-state index in [1.165, 1.54) is 12.1 Å². The summed E-state index contributed by atoms with van der Waals surface area (Å²) in [6.07, 6.45) is 0. The molecule has 1 aromatic carbocycles. The third kappa shape index (κ3) is 2.32. The molecule has 0 saturated heterocycles. The number of hydrogen-bond donors (Lipinski definition) is 0. The highest BCUT2D eigenvalue weighted by Crippen LogP contribution is 2.26. The minimum Gasteiger partial charge on any atom is -0.492 e. The summed E-state index contributed by atoms with van der Waals surface area (Å²) < 4.78 is 18.8. The molecule has 0 aliphatic heterocycles. The molecule has 1 heterocycles. The van der Waals surface area contributed by atoms with Crippen LogP contribution in [0.3, 0.4) is 0 Å². The second kappa shape index (κ2) is 4.78. The summed E-state index contributed by atoms with van der Waals surface area (Å²) in [6, 6.07) is 6.60. The van der Waals surface area contributed by atoms with Crippen molar-refractivity contribution in [2.75, 3.05) is 11.9 Å². The van der Waals surface area contributed by atoms with Crippen molar-refractivity contribution in [1.82, 2.24) is 4.98 Å². The van der Waals surface area contributed by atoms with Gasteiger partial charge in [0.25, 0.3) is 0 Å². The Hall–Kier alpha value is -1.16. The molecular weight excluding hydrogens is 273 g/mol. The second-order valence-electron chi connectivity index (χ2n) is 3.46. The number of benzene rings is 1. The molecule has 2 nitrogen and oxygen atoms in total. The highest BCUT2D eigenvalue weighted by atomic mass is 79.9. The highest BCUT2D eigenvalue weighted by molar-refractivity contribution is 9.09. The van der Waals surface area contributed by atoms with Crippen molar-refractivity contribution in [3.8, 4) is 5.75 Å². The maximum absolute atomic E-state index is 13.3. The number of aromatic nitrogens is 1. The molecule has 2 aromatic rings. The quantitative estimate of drug-likeness (QED) is 0.805. The van der Waals surface area contributed by atoms with E-state index in [1.54, 1.807) is 0 Å². The number of alkyl halides is 1. The van der Waals surface area contributed by atoms with Crippen molar-refractivity contribution in [3.05, 3.63) is 35.8 Å². The summed E-state index contributed by atoms with van der Waals surface area (Å²) in [7, 11) is 0. The molecule has 84 valence electrons. The molecule has 0 fully saturated rings. The summed E-state index contributed by atoms with van der Waals surface area (Å²) in [6.45, 7) is 2.38. The zero-order valence-electron chi connectivity index (χ0n) is 8.84. The number of aryl methyl sites for hydroxylation is 1. The fraction of sp³-hybridized carbons (Fsp3) is 0.250. The summed E-state index contributed by atoms with van der Waals surface area (Å²) in [5.41, 5.74) is 1.49. The maximum atomic E-state index is 13.3.